The van der Waals surface area contributed by atoms with Gasteiger partial charge in [-0.3, -0.25) is 9.82 Å². The van der Waals surface area contributed by atoms with Gasteiger partial charge in [0.2, 0.25) is 5.03 Å². The van der Waals surface area contributed by atoms with Gasteiger partial charge in [0.05, 0.1) is 5.69 Å². The van der Waals surface area contributed by atoms with Crippen LogP contribution >= 0.6 is 11.6 Å². The lowest BCUT2D eigenvalue weighted by atomic mass is 10.3. The zero-order valence-electron chi connectivity index (χ0n) is 10.4. The van der Waals surface area contributed by atoms with E-state index in [1.54, 1.807) is 6.92 Å². The smallest absolute Gasteiger partial charge is 0.281 e. The third-order valence-corrected chi connectivity index (χ3v) is 4.24. The molecule has 1 aromatic heterocycles. The van der Waals surface area contributed by atoms with Crippen molar-refractivity contribution in [1.29, 1.82) is 0 Å². The molecule has 2 rings (SSSR count). The summed E-state index contributed by atoms with van der Waals surface area (Å²) >= 11 is 5.61. The quantitative estimate of drug-likeness (QED) is 0.799. The Bertz CT molecular complexity index is 745. The third-order valence-electron chi connectivity index (χ3n) is 2.67. The fourth-order valence-corrected chi connectivity index (χ4v) is 3.10. The highest BCUT2D eigenvalue weighted by molar-refractivity contribution is 7.92. The van der Waals surface area contributed by atoms with Gasteiger partial charge >= 0.3 is 0 Å². The summed E-state index contributed by atoms with van der Waals surface area (Å²) in [5, 5.41) is 6.16. The van der Waals surface area contributed by atoms with E-state index in [2.05, 4.69) is 14.9 Å². The molecule has 0 aliphatic carbocycles. The molecule has 0 saturated heterocycles. The van der Waals surface area contributed by atoms with Crippen LogP contribution in [0.15, 0.2) is 23.2 Å². The van der Waals surface area contributed by atoms with Gasteiger partial charge < -0.3 is 5.73 Å². The van der Waals surface area contributed by atoms with Gasteiger partial charge in [0.15, 0.2) is 0 Å². The van der Waals surface area contributed by atoms with Crippen LogP contribution < -0.4 is 10.5 Å². The molecule has 0 atom stereocenters. The Kier molecular flexibility index (Phi) is 3.98. The Morgan fingerprint density at radius 3 is 2.80 bits per heavy atom. The van der Waals surface area contributed by atoms with E-state index in [9.17, 15) is 12.8 Å². The van der Waals surface area contributed by atoms with E-state index in [0.29, 0.717) is 11.3 Å². The van der Waals surface area contributed by atoms with Crippen LogP contribution in [0.1, 0.15) is 11.3 Å². The Labute approximate surface area is 120 Å². The number of hydrogen-bond acceptors (Lipinski definition) is 4. The molecule has 2 aromatic rings. The molecule has 0 radical (unpaired) electrons. The summed E-state index contributed by atoms with van der Waals surface area (Å²) in [5.74, 6) is -0.775. The summed E-state index contributed by atoms with van der Waals surface area (Å²) in [7, 11) is -4.03. The average Bonchev–Trinajstić information content (AvgIpc) is 2.74. The van der Waals surface area contributed by atoms with Crippen LogP contribution in [-0.4, -0.2) is 18.6 Å². The molecular weight excluding hydrogens is 307 g/mol. The number of hydrogen-bond donors (Lipinski definition) is 3. The number of rotatable bonds is 4. The Balaban J connectivity index is 2.41. The van der Waals surface area contributed by atoms with Gasteiger partial charge in [-0.15, -0.1) is 0 Å². The first-order valence-corrected chi connectivity index (χ1v) is 7.43. The number of aromatic amines is 1. The zero-order chi connectivity index (χ0) is 14.9. The maximum atomic E-state index is 13.6. The monoisotopic (exact) mass is 318 g/mol. The van der Waals surface area contributed by atoms with Crippen LogP contribution in [0.2, 0.25) is 5.02 Å². The summed E-state index contributed by atoms with van der Waals surface area (Å²) in [4.78, 5) is 0. The Morgan fingerprint density at radius 1 is 1.50 bits per heavy atom. The van der Waals surface area contributed by atoms with Gasteiger partial charge in [-0.1, -0.05) is 11.6 Å². The second-order valence-corrected chi connectivity index (χ2v) is 6.10. The van der Waals surface area contributed by atoms with Crippen molar-refractivity contribution >= 4 is 27.3 Å². The largest absolute Gasteiger partial charge is 0.326 e. The molecule has 20 heavy (non-hydrogen) atoms. The first-order valence-electron chi connectivity index (χ1n) is 5.57. The van der Waals surface area contributed by atoms with Gasteiger partial charge in [0.25, 0.3) is 10.0 Å². The van der Waals surface area contributed by atoms with Crippen molar-refractivity contribution in [2.24, 2.45) is 5.73 Å². The van der Waals surface area contributed by atoms with Crippen LogP contribution in [0.4, 0.5) is 10.1 Å². The molecule has 6 nitrogen and oxygen atoms in total. The van der Waals surface area contributed by atoms with Gasteiger partial charge in [-0.05, 0) is 25.1 Å². The minimum Gasteiger partial charge on any atom is -0.326 e. The minimum absolute atomic E-state index is 0.00166. The van der Waals surface area contributed by atoms with E-state index in [4.69, 9.17) is 17.3 Å². The lowest BCUT2D eigenvalue weighted by molar-refractivity contribution is 0.593. The average molecular weight is 319 g/mol. The standard InChI is InChI=1S/C11H12ClFN4O2S/c1-6-8(5-14)11(16-15-6)20(18,19)17-10-3-2-7(12)4-9(10)13/h2-4,17H,5,14H2,1H3,(H,15,16). The predicted molar refractivity (Wildman–Crippen MR) is 73.4 cm³/mol. The fourth-order valence-electron chi connectivity index (χ4n) is 1.66. The topological polar surface area (TPSA) is 101 Å². The second kappa shape index (κ2) is 5.39. The molecule has 0 bridgehead atoms. The molecule has 9 heteroatoms. The van der Waals surface area contributed by atoms with Crippen molar-refractivity contribution < 1.29 is 12.8 Å². The maximum Gasteiger partial charge on any atom is 0.281 e. The summed E-state index contributed by atoms with van der Waals surface area (Å²) in [5.41, 5.74) is 6.18. The SMILES string of the molecule is Cc1[nH]nc(S(=O)(=O)Nc2ccc(Cl)cc2F)c1CN. The lowest BCUT2D eigenvalue weighted by Crippen LogP contribution is -2.17. The number of aromatic nitrogens is 2. The van der Waals surface area contributed by atoms with Gasteiger partial charge in [-0.2, -0.15) is 13.5 Å². The summed E-state index contributed by atoms with van der Waals surface area (Å²) in [6.07, 6.45) is 0. The zero-order valence-corrected chi connectivity index (χ0v) is 12.0. The van der Waals surface area contributed by atoms with Crippen LogP contribution in [0, 0.1) is 12.7 Å². The minimum atomic E-state index is -4.03. The van der Waals surface area contributed by atoms with E-state index in [-0.39, 0.29) is 22.3 Å². The molecule has 0 amide bonds. The molecule has 0 spiro atoms. The first kappa shape index (κ1) is 14.8. The van der Waals surface area contributed by atoms with Crippen LogP contribution in [0.3, 0.4) is 0 Å². The van der Waals surface area contributed by atoms with E-state index in [1.165, 1.54) is 12.1 Å². The third kappa shape index (κ3) is 2.77. The Morgan fingerprint density at radius 2 is 2.20 bits per heavy atom. The van der Waals surface area contributed by atoms with Gasteiger partial charge in [0, 0.05) is 22.8 Å². The van der Waals surface area contributed by atoms with Gasteiger partial charge in [0.1, 0.15) is 5.82 Å². The van der Waals surface area contributed by atoms with E-state index >= 15 is 0 Å². The number of sulfonamides is 1. The van der Waals surface area contributed by atoms with Crippen LogP contribution in [0.5, 0.6) is 0 Å². The summed E-state index contributed by atoms with van der Waals surface area (Å²) < 4.78 is 40.1. The molecule has 108 valence electrons. The highest BCUT2D eigenvalue weighted by atomic mass is 35.5. The molecule has 0 unspecified atom stereocenters. The van der Waals surface area contributed by atoms with Crippen molar-refractivity contribution in [3.8, 4) is 0 Å². The molecule has 4 N–H and O–H groups in total. The molecule has 1 heterocycles. The summed E-state index contributed by atoms with van der Waals surface area (Å²) in [6, 6.07) is 3.62. The number of anilines is 1. The second-order valence-electron chi connectivity index (χ2n) is 4.07. The number of halogens is 2. The van der Waals surface area contributed by atoms with Crippen LogP contribution in [-0.2, 0) is 16.6 Å². The molecular formula is C11H12ClFN4O2S. The number of nitrogens with zero attached hydrogens (tertiary/aromatic N) is 1. The van der Waals surface area contributed by atoms with Crippen molar-refractivity contribution in [1.82, 2.24) is 10.2 Å². The predicted octanol–water partition coefficient (Wildman–Crippen LogP) is 1.77. The number of nitrogens with two attached hydrogens (primary N) is 1. The molecule has 0 aliphatic heterocycles. The summed E-state index contributed by atoms with van der Waals surface area (Å²) in [6.45, 7) is 1.65. The molecule has 0 fully saturated rings. The van der Waals surface area contributed by atoms with Crippen molar-refractivity contribution in [2.45, 2.75) is 18.5 Å². The molecule has 0 aliphatic rings. The van der Waals surface area contributed by atoms with E-state index in [1.807, 2.05) is 0 Å². The number of H-pyrrole nitrogens is 1. The van der Waals surface area contributed by atoms with Crippen molar-refractivity contribution in [3.05, 3.63) is 40.3 Å². The van der Waals surface area contributed by atoms with Crippen LogP contribution in [0.25, 0.3) is 0 Å². The van der Waals surface area contributed by atoms with E-state index < -0.39 is 15.8 Å². The normalized spacial score (nSPS) is 11.6. The highest BCUT2D eigenvalue weighted by Gasteiger charge is 2.24. The lowest BCUT2D eigenvalue weighted by Gasteiger charge is -2.08. The van der Waals surface area contributed by atoms with E-state index in [0.717, 1.165) is 6.07 Å². The number of benzene rings is 1. The highest BCUT2D eigenvalue weighted by Crippen LogP contribution is 2.23. The van der Waals surface area contributed by atoms with Crippen molar-refractivity contribution in [2.75, 3.05) is 4.72 Å². The number of aryl methyl sites for hydroxylation is 1. The Hall–Kier alpha value is -1.64. The molecule has 0 saturated carbocycles. The van der Waals surface area contributed by atoms with Gasteiger partial charge in [-0.25, -0.2) is 4.39 Å². The maximum absolute atomic E-state index is 13.6. The number of nitrogens with one attached hydrogen (secondary N) is 2. The van der Waals surface area contributed by atoms with Crippen molar-refractivity contribution in [3.63, 3.8) is 0 Å². The fraction of sp³-hybridized carbons (Fsp3) is 0.182. The molecule has 1 aromatic carbocycles. The first-order chi connectivity index (χ1) is 9.35.